The number of aromatic hydroxyl groups is 2. The van der Waals surface area contributed by atoms with Crippen LogP contribution in [0.2, 0.25) is 0 Å². The molecule has 0 aromatic heterocycles. The highest BCUT2D eigenvalue weighted by atomic mass is 32.2. The van der Waals surface area contributed by atoms with E-state index in [4.69, 9.17) is 0 Å². The molecule has 4 rings (SSSR count). The predicted octanol–water partition coefficient (Wildman–Crippen LogP) is 5.07. The van der Waals surface area contributed by atoms with Gasteiger partial charge in [-0.3, -0.25) is 4.55 Å². The third-order valence-electron chi connectivity index (χ3n) is 4.39. The van der Waals surface area contributed by atoms with Gasteiger partial charge in [-0.2, -0.15) is 8.42 Å². The minimum absolute atomic E-state index is 0.0445. The van der Waals surface area contributed by atoms with Crippen molar-refractivity contribution in [3.8, 4) is 11.5 Å². The summed E-state index contributed by atoms with van der Waals surface area (Å²) in [6, 6.07) is 17.2. The average molecular weight is 394 g/mol. The average Bonchev–Trinajstić information content (AvgIpc) is 2.67. The van der Waals surface area contributed by atoms with Crippen LogP contribution in [0.1, 0.15) is 0 Å². The van der Waals surface area contributed by atoms with Gasteiger partial charge in [0.2, 0.25) is 0 Å². The Balaban J connectivity index is 1.84. The van der Waals surface area contributed by atoms with Gasteiger partial charge in [0.15, 0.2) is 5.75 Å². The molecule has 0 bridgehead atoms. The van der Waals surface area contributed by atoms with Gasteiger partial charge < -0.3 is 10.2 Å². The number of benzene rings is 4. The summed E-state index contributed by atoms with van der Waals surface area (Å²) in [7, 11) is -4.38. The Bertz CT molecular complexity index is 1360. The van der Waals surface area contributed by atoms with Crippen molar-refractivity contribution >= 4 is 43.0 Å². The van der Waals surface area contributed by atoms with Crippen LogP contribution in [0.15, 0.2) is 81.9 Å². The molecule has 0 saturated carbocycles. The number of rotatable bonds is 3. The van der Waals surface area contributed by atoms with E-state index in [1.807, 2.05) is 0 Å². The van der Waals surface area contributed by atoms with Crippen molar-refractivity contribution in [3.05, 3.63) is 66.7 Å². The Morgan fingerprint density at radius 1 is 0.643 bits per heavy atom. The molecule has 7 nitrogen and oxygen atoms in total. The molecule has 3 N–H and O–H groups in total. The highest BCUT2D eigenvalue weighted by Crippen LogP contribution is 2.39. The summed E-state index contributed by atoms with van der Waals surface area (Å²) < 4.78 is 32.6. The molecule has 8 heteroatoms. The fraction of sp³-hybridized carbons (Fsp3) is 0. The maximum Gasteiger partial charge on any atom is 0.295 e. The van der Waals surface area contributed by atoms with Crippen LogP contribution in [-0.2, 0) is 10.1 Å². The predicted molar refractivity (Wildman–Crippen MR) is 105 cm³/mol. The monoisotopic (exact) mass is 394 g/mol. The van der Waals surface area contributed by atoms with Crippen molar-refractivity contribution in [1.82, 2.24) is 0 Å². The first-order valence-electron chi connectivity index (χ1n) is 8.21. The number of phenolic OH excluding ortho intramolecular Hbond substituents is 2. The first kappa shape index (κ1) is 17.9. The SMILES string of the molecule is O=S(=O)(O)c1ccc(N=Nc2ccc3c(O)cccc3c2O)c2ccccc12. The lowest BCUT2D eigenvalue weighted by Gasteiger charge is -2.07. The van der Waals surface area contributed by atoms with Gasteiger partial charge in [0.25, 0.3) is 10.1 Å². The Morgan fingerprint density at radius 3 is 2.04 bits per heavy atom. The molecule has 0 radical (unpaired) electrons. The van der Waals surface area contributed by atoms with Crippen molar-refractivity contribution in [3.63, 3.8) is 0 Å². The Hall–Kier alpha value is -3.49. The van der Waals surface area contributed by atoms with E-state index >= 15 is 0 Å². The number of phenols is 2. The van der Waals surface area contributed by atoms with E-state index in [1.54, 1.807) is 42.5 Å². The van der Waals surface area contributed by atoms with Gasteiger partial charge in [-0.1, -0.05) is 36.4 Å². The van der Waals surface area contributed by atoms with Crippen LogP contribution in [0.4, 0.5) is 11.4 Å². The van der Waals surface area contributed by atoms with E-state index in [-0.39, 0.29) is 22.1 Å². The molecule has 0 unspecified atom stereocenters. The third kappa shape index (κ3) is 3.04. The van der Waals surface area contributed by atoms with Crippen molar-refractivity contribution < 1.29 is 23.2 Å². The summed E-state index contributed by atoms with van der Waals surface area (Å²) in [6.07, 6.45) is 0. The molecule has 0 heterocycles. The minimum Gasteiger partial charge on any atom is -0.507 e. The number of hydrogen-bond acceptors (Lipinski definition) is 6. The second-order valence-electron chi connectivity index (χ2n) is 6.11. The Kier molecular flexibility index (Phi) is 4.21. The van der Waals surface area contributed by atoms with Crippen LogP contribution in [-0.4, -0.2) is 23.2 Å². The lowest BCUT2D eigenvalue weighted by atomic mass is 10.1. The maximum absolute atomic E-state index is 11.6. The van der Waals surface area contributed by atoms with Crippen LogP contribution in [0.5, 0.6) is 11.5 Å². The molecule has 0 aliphatic heterocycles. The normalized spacial score (nSPS) is 12.2. The summed E-state index contributed by atoms with van der Waals surface area (Å²) >= 11 is 0. The van der Waals surface area contributed by atoms with E-state index in [9.17, 15) is 23.2 Å². The molecule has 0 spiro atoms. The molecule has 0 saturated heterocycles. The molecular formula is C20H14N2O5S. The van der Waals surface area contributed by atoms with Crippen molar-refractivity contribution in [2.75, 3.05) is 0 Å². The number of azo groups is 1. The molecule has 4 aromatic rings. The zero-order valence-electron chi connectivity index (χ0n) is 14.3. The Labute approximate surface area is 160 Å². The molecule has 0 aliphatic rings. The molecule has 0 atom stereocenters. The number of nitrogens with zero attached hydrogens (tertiary/aromatic N) is 2. The molecular weight excluding hydrogens is 380 g/mol. The van der Waals surface area contributed by atoms with Crippen molar-refractivity contribution in [2.24, 2.45) is 10.2 Å². The molecule has 0 amide bonds. The van der Waals surface area contributed by atoms with E-state index in [0.29, 0.717) is 27.2 Å². The lowest BCUT2D eigenvalue weighted by Crippen LogP contribution is -1.98. The van der Waals surface area contributed by atoms with Gasteiger partial charge >= 0.3 is 0 Å². The third-order valence-corrected chi connectivity index (χ3v) is 5.30. The zero-order chi connectivity index (χ0) is 19.9. The van der Waals surface area contributed by atoms with Crippen molar-refractivity contribution in [1.29, 1.82) is 0 Å². The molecule has 0 aliphatic carbocycles. The molecule has 140 valence electrons. The van der Waals surface area contributed by atoms with Gasteiger partial charge in [0.1, 0.15) is 16.3 Å². The fourth-order valence-electron chi connectivity index (χ4n) is 3.07. The van der Waals surface area contributed by atoms with Crippen LogP contribution >= 0.6 is 0 Å². The maximum atomic E-state index is 11.6. The highest BCUT2D eigenvalue weighted by Gasteiger charge is 2.15. The summed E-state index contributed by atoms with van der Waals surface area (Å²) in [5, 5.41) is 30.3. The molecule has 28 heavy (non-hydrogen) atoms. The van der Waals surface area contributed by atoms with E-state index in [2.05, 4.69) is 10.2 Å². The van der Waals surface area contributed by atoms with Gasteiger partial charge in [-0.05, 0) is 30.3 Å². The molecule has 0 fully saturated rings. The topological polar surface area (TPSA) is 120 Å². The molecule has 4 aromatic carbocycles. The van der Waals surface area contributed by atoms with Crippen LogP contribution in [0.25, 0.3) is 21.5 Å². The van der Waals surface area contributed by atoms with Gasteiger partial charge in [-0.25, -0.2) is 0 Å². The van der Waals surface area contributed by atoms with E-state index < -0.39 is 10.1 Å². The van der Waals surface area contributed by atoms with E-state index in [1.165, 1.54) is 24.3 Å². The summed E-state index contributed by atoms with van der Waals surface area (Å²) in [5.74, 6) is -0.0842. The number of hydrogen-bond donors (Lipinski definition) is 3. The standard InChI is InChI=1S/C20H14N2O5S/c23-18-7-3-6-15-13(18)8-9-17(20(15)24)22-21-16-10-11-19(28(25,26)27)14-5-2-1-4-12(14)16/h1-11,23-24H,(H,25,26,27). The summed E-state index contributed by atoms with van der Waals surface area (Å²) in [6.45, 7) is 0. The van der Waals surface area contributed by atoms with Crippen LogP contribution < -0.4 is 0 Å². The minimum atomic E-state index is -4.38. The first-order chi connectivity index (χ1) is 13.4. The van der Waals surface area contributed by atoms with E-state index in [0.717, 1.165) is 0 Å². The highest BCUT2D eigenvalue weighted by molar-refractivity contribution is 7.86. The lowest BCUT2D eigenvalue weighted by molar-refractivity contribution is 0.476. The largest absolute Gasteiger partial charge is 0.507 e. The van der Waals surface area contributed by atoms with Gasteiger partial charge in [0.05, 0.1) is 5.69 Å². The first-order valence-corrected chi connectivity index (χ1v) is 9.65. The zero-order valence-corrected chi connectivity index (χ0v) is 15.1. The fourth-order valence-corrected chi connectivity index (χ4v) is 3.77. The summed E-state index contributed by atoms with van der Waals surface area (Å²) in [4.78, 5) is -0.217. The summed E-state index contributed by atoms with van der Waals surface area (Å²) in [5.41, 5.74) is 0.569. The van der Waals surface area contributed by atoms with Crippen molar-refractivity contribution in [2.45, 2.75) is 4.90 Å². The smallest absolute Gasteiger partial charge is 0.295 e. The second-order valence-corrected chi connectivity index (χ2v) is 7.50. The van der Waals surface area contributed by atoms with Gasteiger partial charge in [0, 0.05) is 21.5 Å². The quantitative estimate of drug-likeness (QED) is 0.331. The van der Waals surface area contributed by atoms with Gasteiger partial charge in [-0.15, -0.1) is 10.2 Å². The number of fused-ring (bicyclic) bond motifs is 2. The van der Waals surface area contributed by atoms with Crippen LogP contribution in [0.3, 0.4) is 0 Å². The van der Waals surface area contributed by atoms with Crippen LogP contribution in [0, 0.1) is 0 Å². The second kappa shape index (κ2) is 6.59. The Morgan fingerprint density at radius 2 is 1.29 bits per heavy atom.